The van der Waals surface area contributed by atoms with E-state index in [0.29, 0.717) is 19.4 Å². The third-order valence-electron chi connectivity index (χ3n) is 3.82. The average molecular weight is 335 g/mol. The zero-order chi connectivity index (χ0) is 16.2. The number of urea groups is 1. The predicted octanol–water partition coefficient (Wildman–Crippen LogP) is 3.63. The van der Waals surface area contributed by atoms with E-state index in [4.69, 9.17) is 0 Å². The first kappa shape index (κ1) is 17.1. The van der Waals surface area contributed by atoms with Crippen LogP contribution in [-0.2, 0) is 13.0 Å². The number of hydrogen-bond donors (Lipinski definition) is 2. The second-order valence-electron chi connectivity index (χ2n) is 5.50. The highest BCUT2D eigenvalue weighted by molar-refractivity contribution is 7.11. The Labute approximate surface area is 131 Å². The van der Waals surface area contributed by atoms with E-state index in [-0.39, 0.29) is 12.8 Å². The topological polar surface area (TPSA) is 54.0 Å². The van der Waals surface area contributed by atoms with E-state index in [1.807, 2.05) is 6.92 Å². The number of aryl methyl sites for hydroxylation is 1. The molecule has 1 aliphatic rings. The summed E-state index contributed by atoms with van der Waals surface area (Å²) in [6, 6.07) is -0.844. The third-order valence-corrected chi connectivity index (χ3v) is 4.96. The molecule has 0 aromatic carbocycles. The number of halogens is 3. The van der Waals surface area contributed by atoms with Gasteiger partial charge in [0.15, 0.2) is 0 Å². The number of amides is 2. The molecule has 2 rings (SSSR count). The first-order chi connectivity index (χ1) is 10.4. The SMILES string of the molecule is CCc1cnc(CNC(=O)N[C@@H]2CCC[C@H](C(F)(F)F)C2)s1. The van der Waals surface area contributed by atoms with Crippen LogP contribution in [0, 0.1) is 5.92 Å². The Kier molecular flexibility index (Phi) is 5.66. The van der Waals surface area contributed by atoms with E-state index in [1.54, 1.807) is 6.20 Å². The second kappa shape index (κ2) is 7.30. The minimum atomic E-state index is -4.17. The molecular weight excluding hydrogens is 315 g/mol. The summed E-state index contributed by atoms with van der Waals surface area (Å²) >= 11 is 1.52. The van der Waals surface area contributed by atoms with Gasteiger partial charge in [0.1, 0.15) is 5.01 Å². The van der Waals surface area contributed by atoms with Gasteiger partial charge in [-0.15, -0.1) is 11.3 Å². The molecule has 1 aromatic rings. The molecule has 0 aliphatic heterocycles. The van der Waals surface area contributed by atoms with Crippen molar-refractivity contribution in [2.75, 3.05) is 0 Å². The van der Waals surface area contributed by atoms with Crippen LogP contribution in [-0.4, -0.2) is 23.2 Å². The van der Waals surface area contributed by atoms with Gasteiger partial charge < -0.3 is 10.6 Å². The molecule has 0 saturated heterocycles. The van der Waals surface area contributed by atoms with E-state index in [2.05, 4.69) is 15.6 Å². The molecule has 0 bridgehead atoms. The van der Waals surface area contributed by atoms with Gasteiger partial charge in [-0.05, 0) is 25.7 Å². The van der Waals surface area contributed by atoms with Crippen molar-refractivity contribution in [3.8, 4) is 0 Å². The molecular formula is C14H20F3N3OS. The van der Waals surface area contributed by atoms with Gasteiger partial charge in [-0.1, -0.05) is 13.3 Å². The molecule has 0 spiro atoms. The zero-order valence-corrected chi connectivity index (χ0v) is 13.2. The lowest BCUT2D eigenvalue weighted by Crippen LogP contribution is -2.45. The van der Waals surface area contributed by atoms with Crippen LogP contribution in [0.3, 0.4) is 0 Å². The Morgan fingerprint density at radius 2 is 2.23 bits per heavy atom. The van der Waals surface area contributed by atoms with Crippen LogP contribution in [0.25, 0.3) is 0 Å². The lowest BCUT2D eigenvalue weighted by molar-refractivity contribution is -0.183. The van der Waals surface area contributed by atoms with Crippen molar-refractivity contribution < 1.29 is 18.0 Å². The van der Waals surface area contributed by atoms with E-state index < -0.39 is 24.2 Å². The highest BCUT2D eigenvalue weighted by Crippen LogP contribution is 2.37. The van der Waals surface area contributed by atoms with Crippen LogP contribution in [0.1, 0.15) is 42.5 Å². The number of aromatic nitrogens is 1. The van der Waals surface area contributed by atoms with Crippen molar-refractivity contribution in [2.24, 2.45) is 5.92 Å². The molecule has 2 amide bonds. The summed E-state index contributed by atoms with van der Waals surface area (Å²) in [5.41, 5.74) is 0. The molecule has 2 atom stereocenters. The minimum absolute atomic E-state index is 0.0336. The molecule has 1 heterocycles. The first-order valence-electron chi connectivity index (χ1n) is 7.43. The van der Waals surface area contributed by atoms with Gasteiger partial charge >= 0.3 is 12.2 Å². The first-order valence-corrected chi connectivity index (χ1v) is 8.24. The lowest BCUT2D eigenvalue weighted by atomic mass is 9.85. The van der Waals surface area contributed by atoms with Crippen LogP contribution in [0.4, 0.5) is 18.0 Å². The molecule has 0 unspecified atom stereocenters. The molecule has 1 saturated carbocycles. The van der Waals surface area contributed by atoms with E-state index >= 15 is 0 Å². The second-order valence-corrected chi connectivity index (χ2v) is 6.70. The standard InChI is InChI=1S/C14H20F3N3OS/c1-2-11-7-18-12(22-11)8-19-13(21)20-10-5-3-4-9(6-10)14(15,16)17/h7,9-10H,2-6,8H2,1H3,(H2,19,20,21)/t9-,10+/m0/s1. The molecule has 22 heavy (non-hydrogen) atoms. The predicted molar refractivity (Wildman–Crippen MR) is 78.7 cm³/mol. The third kappa shape index (κ3) is 4.86. The molecule has 124 valence electrons. The summed E-state index contributed by atoms with van der Waals surface area (Å²) in [5.74, 6) is -1.31. The van der Waals surface area contributed by atoms with Crippen LogP contribution >= 0.6 is 11.3 Å². The van der Waals surface area contributed by atoms with Crippen molar-refractivity contribution in [1.82, 2.24) is 15.6 Å². The average Bonchev–Trinajstić information content (AvgIpc) is 2.92. The molecule has 1 aromatic heterocycles. The Morgan fingerprint density at radius 1 is 1.45 bits per heavy atom. The van der Waals surface area contributed by atoms with Crippen molar-refractivity contribution in [2.45, 2.75) is 57.8 Å². The van der Waals surface area contributed by atoms with Crippen molar-refractivity contribution in [1.29, 1.82) is 0 Å². The molecule has 4 nitrogen and oxygen atoms in total. The fraction of sp³-hybridized carbons (Fsp3) is 0.714. The van der Waals surface area contributed by atoms with Crippen molar-refractivity contribution >= 4 is 17.4 Å². The fourth-order valence-corrected chi connectivity index (χ4v) is 3.41. The largest absolute Gasteiger partial charge is 0.391 e. The van der Waals surface area contributed by atoms with Gasteiger partial charge in [0.25, 0.3) is 0 Å². The van der Waals surface area contributed by atoms with E-state index in [9.17, 15) is 18.0 Å². The van der Waals surface area contributed by atoms with Crippen LogP contribution in [0.15, 0.2) is 6.20 Å². The number of carbonyl (C=O) groups excluding carboxylic acids is 1. The molecule has 0 radical (unpaired) electrons. The number of nitrogens with one attached hydrogen (secondary N) is 2. The van der Waals surface area contributed by atoms with Crippen LogP contribution in [0.5, 0.6) is 0 Å². The summed E-state index contributed by atoms with van der Waals surface area (Å²) in [7, 11) is 0. The van der Waals surface area contributed by atoms with Gasteiger partial charge in [0, 0.05) is 17.1 Å². The normalized spacial score (nSPS) is 22.4. The van der Waals surface area contributed by atoms with Gasteiger partial charge in [-0.3, -0.25) is 0 Å². The number of nitrogens with zero attached hydrogens (tertiary/aromatic N) is 1. The smallest absolute Gasteiger partial charge is 0.335 e. The summed E-state index contributed by atoms with van der Waals surface area (Å²) in [6.45, 7) is 2.32. The Balaban J connectivity index is 1.76. The summed E-state index contributed by atoms with van der Waals surface area (Å²) in [5, 5.41) is 6.09. The lowest BCUT2D eigenvalue weighted by Gasteiger charge is -2.30. The van der Waals surface area contributed by atoms with Gasteiger partial charge in [-0.2, -0.15) is 13.2 Å². The number of alkyl halides is 3. The number of hydrogen-bond acceptors (Lipinski definition) is 3. The zero-order valence-electron chi connectivity index (χ0n) is 12.4. The van der Waals surface area contributed by atoms with Gasteiger partial charge in [0.2, 0.25) is 0 Å². The summed E-state index contributed by atoms with van der Waals surface area (Å²) < 4.78 is 38.2. The van der Waals surface area contributed by atoms with Crippen molar-refractivity contribution in [3.63, 3.8) is 0 Å². The molecule has 1 fully saturated rings. The van der Waals surface area contributed by atoms with Gasteiger partial charge in [-0.25, -0.2) is 9.78 Å². The molecule has 1 aliphatic carbocycles. The van der Waals surface area contributed by atoms with E-state index in [0.717, 1.165) is 16.3 Å². The highest BCUT2D eigenvalue weighted by Gasteiger charge is 2.42. The Bertz CT molecular complexity index is 504. The fourth-order valence-electron chi connectivity index (χ4n) is 2.60. The number of thiazole rings is 1. The Hall–Kier alpha value is -1.31. The maximum Gasteiger partial charge on any atom is 0.391 e. The maximum atomic E-state index is 12.7. The highest BCUT2D eigenvalue weighted by atomic mass is 32.1. The van der Waals surface area contributed by atoms with Gasteiger partial charge in [0.05, 0.1) is 12.5 Å². The van der Waals surface area contributed by atoms with E-state index in [1.165, 1.54) is 11.3 Å². The monoisotopic (exact) mass is 335 g/mol. The number of rotatable bonds is 4. The maximum absolute atomic E-state index is 12.7. The quantitative estimate of drug-likeness (QED) is 0.883. The Morgan fingerprint density at radius 3 is 2.86 bits per heavy atom. The number of carbonyl (C=O) groups is 1. The van der Waals surface area contributed by atoms with Crippen molar-refractivity contribution in [3.05, 3.63) is 16.1 Å². The van der Waals surface area contributed by atoms with Crippen LogP contribution < -0.4 is 10.6 Å². The summed E-state index contributed by atoms with van der Waals surface area (Å²) in [6.07, 6.45) is -0.303. The van der Waals surface area contributed by atoms with Crippen LogP contribution in [0.2, 0.25) is 0 Å². The molecule has 2 N–H and O–H groups in total. The summed E-state index contributed by atoms with van der Waals surface area (Å²) in [4.78, 5) is 17.1. The minimum Gasteiger partial charge on any atom is -0.335 e. The molecule has 8 heteroatoms.